The zero-order valence-corrected chi connectivity index (χ0v) is 18.1. The summed E-state index contributed by atoms with van der Waals surface area (Å²) in [6, 6.07) is 17.4. The number of aliphatic carboxylic acids is 1. The van der Waals surface area contributed by atoms with Crippen molar-refractivity contribution in [2.75, 3.05) is 13.2 Å². The highest BCUT2D eigenvalue weighted by Gasteiger charge is 2.29. The lowest BCUT2D eigenvalue weighted by Crippen LogP contribution is -2.30. The van der Waals surface area contributed by atoms with Crippen molar-refractivity contribution in [3.05, 3.63) is 77.2 Å². The number of ether oxygens (including phenoxy) is 1. The summed E-state index contributed by atoms with van der Waals surface area (Å²) < 4.78 is 10.5. The van der Waals surface area contributed by atoms with Crippen LogP contribution in [-0.2, 0) is 16.1 Å². The van der Waals surface area contributed by atoms with Gasteiger partial charge < -0.3 is 30.1 Å². The van der Waals surface area contributed by atoms with Gasteiger partial charge in [-0.1, -0.05) is 53.7 Å². The van der Waals surface area contributed by atoms with Crippen molar-refractivity contribution in [2.45, 2.75) is 25.0 Å². The number of fused-ring (bicyclic) bond motifs is 3. The number of carboxylic acid groups (broad SMARTS) is 1. The number of aromatic nitrogens is 1. The molecule has 0 aliphatic heterocycles. The summed E-state index contributed by atoms with van der Waals surface area (Å²) in [4.78, 5) is 34.8. The van der Waals surface area contributed by atoms with E-state index in [4.69, 9.17) is 14.4 Å². The minimum Gasteiger partial charge on any atom is -0.479 e. The van der Waals surface area contributed by atoms with Gasteiger partial charge in [0, 0.05) is 24.9 Å². The second-order valence-electron chi connectivity index (χ2n) is 7.76. The number of aliphatic hydroxyl groups excluding tert-OH is 1. The molecule has 2 amide bonds. The first-order chi connectivity index (χ1) is 16.4. The number of carboxylic acids is 1. The standard InChI is InChI=1S/C24H23N3O7/c28-21(23(30)31)9-10-25-22(29)20-11-14(34-27-20)12-26-24(32)33-13-19-17-7-3-1-5-15(17)16-6-2-4-8-18(16)19/h1-8,11,19,21,28H,9-10,12-13H2,(H,25,29)(H,26,32)(H,30,31)/t21-/m0/s1. The van der Waals surface area contributed by atoms with Gasteiger partial charge in [-0.15, -0.1) is 0 Å². The highest BCUT2D eigenvalue weighted by atomic mass is 16.5. The molecule has 4 rings (SSSR count). The zero-order valence-electron chi connectivity index (χ0n) is 18.1. The lowest BCUT2D eigenvalue weighted by Gasteiger charge is -2.14. The van der Waals surface area contributed by atoms with Crippen molar-refractivity contribution in [3.63, 3.8) is 0 Å². The number of alkyl carbamates (subject to hydrolysis) is 1. The van der Waals surface area contributed by atoms with Crippen molar-refractivity contribution in [2.24, 2.45) is 0 Å². The Morgan fingerprint density at radius 3 is 2.32 bits per heavy atom. The maximum atomic E-state index is 12.3. The number of rotatable bonds is 9. The van der Waals surface area contributed by atoms with Gasteiger partial charge in [0.15, 0.2) is 17.6 Å². The van der Waals surface area contributed by atoms with Crippen molar-refractivity contribution in [1.29, 1.82) is 0 Å². The molecule has 0 fully saturated rings. The van der Waals surface area contributed by atoms with Crippen LogP contribution in [-0.4, -0.2) is 52.6 Å². The monoisotopic (exact) mass is 465 g/mol. The molecule has 0 saturated carbocycles. The van der Waals surface area contributed by atoms with Crippen LogP contribution in [0.25, 0.3) is 11.1 Å². The normalized spacial score (nSPS) is 13.0. The molecule has 0 bridgehead atoms. The van der Waals surface area contributed by atoms with E-state index >= 15 is 0 Å². The topological polar surface area (TPSA) is 151 Å². The van der Waals surface area contributed by atoms with Gasteiger partial charge in [0.25, 0.3) is 5.91 Å². The average Bonchev–Trinajstić information content (AvgIpc) is 3.44. The van der Waals surface area contributed by atoms with Gasteiger partial charge in [-0.3, -0.25) is 4.79 Å². The lowest BCUT2D eigenvalue weighted by molar-refractivity contribution is -0.146. The molecule has 2 aromatic carbocycles. The molecule has 1 heterocycles. The summed E-state index contributed by atoms with van der Waals surface area (Å²) in [5.41, 5.74) is 4.46. The molecule has 0 unspecified atom stereocenters. The molecule has 1 aliphatic rings. The fourth-order valence-corrected chi connectivity index (χ4v) is 3.85. The highest BCUT2D eigenvalue weighted by Crippen LogP contribution is 2.44. The predicted octanol–water partition coefficient (Wildman–Crippen LogP) is 2.28. The number of hydrogen-bond donors (Lipinski definition) is 4. The van der Waals surface area contributed by atoms with E-state index in [1.165, 1.54) is 6.07 Å². The van der Waals surface area contributed by atoms with E-state index in [0.29, 0.717) is 0 Å². The molecule has 1 aromatic heterocycles. The second kappa shape index (κ2) is 10.2. The number of nitrogens with zero attached hydrogens (tertiary/aromatic N) is 1. The molecule has 0 radical (unpaired) electrons. The Labute approximate surface area is 194 Å². The minimum atomic E-state index is -1.56. The van der Waals surface area contributed by atoms with E-state index in [1.807, 2.05) is 36.4 Å². The largest absolute Gasteiger partial charge is 0.479 e. The molecular weight excluding hydrogens is 442 g/mol. The van der Waals surface area contributed by atoms with Crippen LogP contribution in [0.4, 0.5) is 4.79 Å². The molecule has 34 heavy (non-hydrogen) atoms. The third kappa shape index (κ3) is 5.07. The number of carbonyl (C=O) groups is 3. The van der Waals surface area contributed by atoms with Gasteiger partial charge in [-0.05, 0) is 22.3 Å². The molecule has 1 aliphatic carbocycles. The number of carbonyl (C=O) groups excluding carboxylic acids is 2. The molecule has 4 N–H and O–H groups in total. The van der Waals surface area contributed by atoms with E-state index < -0.39 is 24.1 Å². The van der Waals surface area contributed by atoms with Crippen LogP contribution in [0.2, 0.25) is 0 Å². The molecule has 0 spiro atoms. The van der Waals surface area contributed by atoms with E-state index in [-0.39, 0.29) is 43.5 Å². The first kappa shape index (κ1) is 23.0. The summed E-state index contributed by atoms with van der Waals surface area (Å²) >= 11 is 0. The van der Waals surface area contributed by atoms with E-state index in [9.17, 15) is 19.5 Å². The SMILES string of the molecule is O=C(NCc1cc(C(=O)NCC[C@H](O)C(=O)O)no1)OCC1c2ccccc2-c2ccccc21. The molecule has 0 saturated heterocycles. The Balaban J connectivity index is 1.26. The Morgan fingerprint density at radius 1 is 1.03 bits per heavy atom. The third-order valence-corrected chi connectivity index (χ3v) is 5.53. The predicted molar refractivity (Wildman–Crippen MR) is 119 cm³/mol. The fraction of sp³-hybridized carbons (Fsp3) is 0.250. The summed E-state index contributed by atoms with van der Waals surface area (Å²) in [6.45, 7) is 0.0906. The van der Waals surface area contributed by atoms with E-state index in [0.717, 1.165) is 22.3 Å². The van der Waals surface area contributed by atoms with E-state index in [2.05, 4.69) is 27.9 Å². The average molecular weight is 465 g/mol. The van der Waals surface area contributed by atoms with Gasteiger partial charge in [0.1, 0.15) is 6.61 Å². The quantitative estimate of drug-likeness (QED) is 0.376. The maximum Gasteiger partial charge on any atom is 0.407 e. The Kier molecular flexibility index (Phi) is 6.88. The van der Waals surface area contributed by atoms with Gasteiger partial charge in [-0.25, -0.2) is 9.59 Å². The van der Waals surface area contributed by atoms with Crippen LogP contribution in [0.3, 0.4) is 0 Å². The fourth-order valence-electron chi connectivity index (χ4n) is 3.85. The van der Waals surface area contributed by atoms with Crippen molar-refractivity contribution < 1.29 is 33.9 Å². The third-order valence-electron chi connectivity index (χ3n) is 5.53. The Hall–Kier alpha value is -4.18. The summed E-state index contributed by atoms with van der Waals surface area (Å²) in [6.07, 6.45) is -2.34. The van der Waals surface area contributed by atoms with Crippen LogP contribution >= 0.6 is 0 Å². The number of aliphatic hydroxyl groups is 1. The Bertz CT molecular complexity index is 1160. The molecule has 10 heteroatoms. The summed E-state index contributed by atoms with van der Waals surface area (Å²) in [5, 5.41) is 26.5. The lowest BCUT2D eigenvalue weighted by atomic mass is 9.98. The Morgan fingerprint density at radius 2 is 1.68 bits per heavy atom. The summed E-state index contributed by atoms with van der Waals surface area (Å²) in [7, 11) is 0. The number of amides is 2. The van der Waals surface area contributed by atoms with Gasteiger partial charge in [0.05, 0.1) is 6.54 Å². The van der Waals surface area contributed by atoms with E-state index in [1.54, 1.807) is 0 Å². The first-order valence-corrected chi connectivity index (χ1v) is 10.7. The molecule has 176 valence electrons. The van der Waals surface area contributed by atoms with Crippen molar-refractivity contribution in [3.8, 4) is 11.1 Å². The van der Waals surface area contributed by atoms with Gasteiger partial charge >= 0.3 is 12.1 Å². The van der Waals surface area contributed by atoms with Gasteiger partial charge in [-0.2, -0.15) is 0 Å². The van der Waals surface area contributed by atoms with Crippen molar-refractivity contribution >= 4 is 18.0 Å². The number of nitrogens with one attached hydrogen (secondary N) is 2. The molecule has 3 aromatic rings. The first-order valence-electron chi connectivity index (χ1n) is 10.7. The summed E-state index contributed by atoms with van der Waals surface area (Å²) in [5.74, 6) is -1.77. The second-order valence-corrected chi connectivity index (χ2v) is 7.76. The zero-order chi connectivity index (χ0) is 24.1. The van der Waals surface area contributed by atoms with Crippen LogP contribution in [0.1, 0.15) is 39.7 Å². The van der Waals surface area contributed by atoms with Crippen LogP contribution in [0, 0.1) is 0 Å². The maximum absolute atomic E-state index is 12.3. The molecule has 1 atom stereocenters. The molecular formula is C24H23N3O7. The van der Waals surface area contributed by atoms with Crippen LogP contribution < -0.4 is 10.6 Å². The minimum absolute atomic E-state index is 0.0331. The highest BCUT2D eigenvalue weighted by molar-refractivity contribution is 5.92. The number of hydrogen-bond acceptors (Lipinski definition) is 7. The van der Waals surface area contributed by atoms with Crippen LogP contribution in [0.5, 0.6) is 0 Å². The smallest absolute Gasteiger partial charge is 0.407 e. The van der Waals surface area contributed by atoms with Gasteiger partial charge in [0.2, 0.25) is 0 Å². The van der Waals surface area contributed by atoms with Crippen molar-refractivity contribution in [1.82, 2.24) is 15.8 Å². The number of benzene rings is 2. The molecule has 10 nitrogen and oxygen atoms in total. The van der Waals surface area contributed by atoms with Crippen LogP contribution in [0.15, 0.2) is 59.1 Å².